The fourth-order valence-corrected chi connectivity index (χ4v) is 3.20. The van der Waals surface area contributed by atoms with Crippen LogP contribution in [0.4, 0.5) is 13.2 Å². The molecule has 0 radical (unpaired) electrons. The molecule has 2 aromatic carbocycles. The van der Waals surface area contributed by atoms with Crippen LogP contribution in [0.2, 0.25) is 0 Å². The quantitative estimate of drug-likeness (QED) is 0.702. The molecule has 4 nitrogen and oxygen atoms in total. The van der Waals surface area contributed by atoms with Gasteiger partial charge in [0.05, 0.1) is 28.9 Å². The summed E-state index contributed by atoms with van der Waals surface area (Å²) in [5.74, 6) is -0.510. The SMILES string of the molecule is NC(=O)CSc1nc2cc(C(F)(F)F)ccc2n1Cc1ccccc1. The third kappa shape index (κ3) is 3.96. The van der Waals surface area contributed by atoms with Crippen LogP contribution in [-0.4, -0.2) is 21.2 Å². The molecule has 1 amide bonds. The summed E-state index contributed by atoms with van der Waals surface area (Å²) in [6.45, 7) is 0.434. The molecule has 3 aromatic rings. The van der Waals surface area contributed by atoms with Gasteiger partial charge in [-0.15, -0.1) is 0 Å². The predicted octanol–water partition coefficient (Wildman–Crippen LogP) is 3.68. The largest absolute Gasteiger partial charge is 0.416 e. The Hall–Kier alpha value is -2.48. The number of halogens is 3. The predicted molar refractivity (Wildman–Crippen MR) is 90.2 cm³/mol. The molecule has 3 rings (SSSR count). The van der Waals surface area contributed by atoms with Crippen molar-refractivity contribution in [3.05, 3.63) is 59.7 Å². The number of imidazole rings is 1. The third-order valence-corrected chi connectivity index (χ3v) is 4.57. The number of nitrogens with zero attached hydrogens (tertiary/aromatic N) is 2. The summed E-state index contributed by atoms with van der Waals surface area (Å²) >= 11 is 1.11. The van der Waals surface area contributed by atoms with E-state index in [2.05, 4.69) is 4.98 Å². The van der Waals surface area contributed by atoms with Gasteiger partial charge in [0.1, 0.15) is 0 Å². The normalized spacial score (nSPS) is 11.8. The summed E-state index contributed by atoms with van der Waals surface area (Å²) in [5, 5.41) is 0.456. The number of fused-ring (bicyclic) bond motifs is 1. The average Bonchev–Trinajstić information content (AvgIpc) is 2.90. The Morgan fingerprint density at radius 3 is 2.52 bits per heavy atom. The molecule has 0 aliphatic carbocycles. The Kier molecular flexibility index (Phi) is 4.71. The first-order valence-corrected chi connectivity index (χ1v) is 8.35. The van der Waals surface area contributed by atoms with Crippen molar-refractivity contribution in [2.75, 3.05) is 5.75 Å². The van der Waals surface area contributed by atoms with E-state index in [0.717, 1.165) is 29.5 Å². The molecular weight excluding hydrogens is 351 g/mol. The van der Waals surface area contributed by atoms with E-state index >= 15 is 0 Å². The number of carbonyl (C=O) groups is 1. The molecule has 0 saturated heterocycles. The smallest absolute Gasteiger partial charge is 0.369 e. The Bertz CT molecular complexity index is 907. The fourth-order valence-electron chi connectivity index (χ4n) is 2.45. The molecule has 0 bridgehead atoms. The number of primary amides is 1. The minimum atomic E-state index is -4.43. The first-order chi connectivity index (χ1) is 11.8. The molecule has 0 fully saturated rings. The number of hydrogen-bond acceptors (Lipinski definition) is 3. The third-order valence-electron chi connectivity index (χ3n) is 3.57. The van der Waals surface area contributed by atoms with Gasteiger partial charge in [0.25, 0.3) is 0 Å². The highest BCUT2D eigenvalue weighted by Crippen LogP contribution is 2.33. The molecule has 1 heterocycles. The summed E-state index contributed by atoms with van der Waals surface area (Å²) in [4.78, 5) is 15.3. The van der Waals surface area contributed by atoms with E-state index in [9.17, 15) is 18.0 Å². The zero-order chi connectivity index (χ0) is 18.0. The van der Waals surface area contributed by atoms with Gasteiger partial charge in [-0.05, 0) is 23.8 Å². The summed E-state index contributed by atoms with van der Waals surface area (Å²) < 4.78 is 40.6. The Morgan fingerprint density at radius 1 is 1.16 bits per heavy atom. The van der Waals surface area contributed by atoms with Gasteiger partial charge in [-0.2, -0.15) is 13.2 Å². The standard InChI is InChI=1S/C17H14F3N3OS/c18-17(19,20)12-6-7-14-13(8-12)22-16(25-10-15(21)24)23(14)9-11-4-2-1-3-5-11/h1-8H,9-10H2,(H2,21,24). The maximum Gasteiger partial charge on any atom is 0.416 e. The fraction of sp³-hybridized carbons (Fsp3) is 0.176. The van der Waals surface area contributed by atoms with Gasteiger partial charge >= 0.3 is 6.18 Å². The molecule has 130 valence electrons. The highest BCUT2D eigenvalue weighted by Gasteiger charge is 2.31. The zero-order valence-electron chi connectivity index (χ0n) is 13.0. The van der Waals surface area contributed by atoms with Crippen molar-refractivity contribution in [1.82, 2.24) is 9.55 Å². The zero-order valence-corrected chi connectivity index (χ0v) is 13.8. The highest BCUT2D eigenvalue weighted by molar-refractivity contribution is 7.99. The van der Waals surface area contributed by atoms with Crippen LogP contribution in [0, 0.1) is 0 Å². The lowest BCUT2D eigenvalue weighted by molar-refractivity contribution is -0.137. The minimum Gasteiger partial charge on any atom is -0.369 e. The number of alkyl halides is 3. The lowest BCUT2D eigenvalue weighted by Crippen LogP contribution is -2.14. The number of thioether (sulfide) groups is 1. The van der Waals surface area contributed by atoms with E-state index in [4.69, 9.17) is 5.73 Å². The number of carbonyl (C=O) groups excluding carboxylic acids is 1. The van der Waals surface area contributed by atoms with E-state index in [1.54, 1.807) is 4.57 Å². The molecule has 0 saturated carbocycles. The van der Waals surface area contributed by atoms with Gasteiger partial charge < -0.3 is 10.3 Å². The number of nitrogens with two attached hydrogens (primary N) is 1. The van der Waals surface area contributed by atoms with E-state index in [1.165, 1.54) is 6.07 Å². The van der Waals surface area contributed by atoms with Crippen molar-refractivity contribution in [1.29, 1.82) is 0 Å². The molecule has 0 unspecified atom stereocenters. The van der Waals surface area contributed by atoms with Crippen molar-refractivity contribution >= 4 is 28.7 Å². The summed E-state index contributed by atoms with van der Waals surface area (Å²) in [7, 11) is 0. The van der Waals surface area contributed by atoms with Crippen molar-refractivity contribution < 1.29 is 18.0 Å². The first kappa shape index (κ1) is 17.3. The summed E-state index contributed by atoms with van der Waals surface area (Å²) in [6.07, 6.45) is -4.43. The van der Waals surface area contributed by atoms with Crippen LogP contribution in [0.15, 0.2) is 53.7 Å². The van der Waals surface area contributed by atoms with Gasteiger partial charge in [0.2, 0.25) is 5.91 Å². The minimum absolute atomic E-state index is 0.00421. The number of hydrogen-bond donors (Lipinski definition) is 1. The van der Waals surface area contributed by atoms with Crippen LogP contribution in [0.25, 0.3) is 11.0 Å². The Morgan fingerprint density at radius 2 is 1.88 bits per heavy atom. The van der Waals surface area contributed by atoms with Crippen LogP contribution in [-0.2, 0) is 17.5 Å². The van der Waals surface area contributed by atoms with Gasteiger partial charge in [-0.3, -0.25) is 4.79 Å². The van der Waals surface area contributed by atoms with E-state index in [0.29, 0.717) is 17.2 Å². The molecule has 1 aromatic heterocycles. The number of amides is 1. The first-order valence-electron chi connectivity index (χ1n) is 7.37. The highest BCUT2D eigenvalue weighted by atomic mass is 32.2. The Balaban J connectivity index is 2.06. The van der Waals surface area contributed by atoms with Gasteiger partial charge in [-0.25, -0.2) is 4.98 Å². The molecule has 0 spiro atoms. The van der Waals surface area contributed by atoms with Gasteiger partial charge in [0, 0.05) is 0 Å². The van der Waals surface area contributed by atoms with Crippen LogP contribution in [0.5, 0.6) is 0 Å². The Labute approximate surface area is 145 Å². The van der Waals surface area contributed by atoms with Gasteiger partial charge in [0.15, 0.2) is 5.16 Å². The lowest BCUT2D eigenvalue weighted by Gasteiger charge is -2.09. The van der Waals surface area contributed by atoms with Crippen molar-refractivity contribution in [2.24, 2.45) is 5.73 Å². The van der Waals surface area contributed by atoms with Crippen LogP contribution < -0.4 is 5.73 Å². The molecule has 0 aliphatic rings. The molecule has 8 heteroatoms. The van der Waals surface area contributed by atoms with Gasteiger partial charge in [-0.1, -0.05) is 42.1 Å². The van der Waals surface area contributed by atoms with Crippen molar-refractivity contribution in [3.8, 4) is 0 Å². The number of aromatic nitrogens is 2. The summed E-state index contributed by atoms with van der Waals surface area (Å²) in [5.41, 5.74) is 6.20. The van der Waals surface area contributed by atoms with Crippen LogP contribution in [0.3, 0.4) is 0 Å². The van der Waals surface area contributed by atoms with Crippen molar-refractivity contribution in [2.45, 2.75) is 17.9 Å². The second kappa shape index (κ2) is 6.79. The van der Waals surface area contributed by atoms with Crippen LogP contribution >= 0.6 is 11.8 Å². The number of rotatable bonds is 5. The summed E-state index contributed by atoms with van der Waals surface area (Å²) in [6, 6.07) is 12.9. The van der Waals surface area contributed by atoms with E-state index < -0.39 is 17.6 Å². The molecular formula is C17H14F3N3OS. The van der Waals surface area contributed by atoms with E-state index in [-0.39, 0.29) is 11.3 Å². The molecule has 2 N–H and O–H groups in total. The maximum atomic E-state index is 12.9. The topological polar surface area (TPSA) is 60.9 Å². The molecule has 0 atom stereocenters. The monoisotopic (exact) mass is 365 g/mol. The molecule has 0 aliphatic heterocycles. The average molecular weight is 365 g/mol. The number of benzene rings is 2. The lowest BCUT2D eigenvalue weighted by atomic mass is 10.2. The maximum absolute atomic E-state index is 12.9. The molecule has 25 heavy (non-hydrogen) atoms. The van der Waals surface area contributed by atoms with E-state index in [1.807, 2.05) is 30.3 Å². The van der Waals surface area contributed by atoms with Crippen LogP contribution in [0.1, 0.15) is 11.1 Å². The van der Waals surface area contributed by atoms with Crippen molar-refractivity contribution in [3.63, 3.8) is 0 Å². The second-order valence-electron chi connectivity index (χ2n) is 5.42. The second-order valence-corrected chi connectivity index (χ2v) is 6.36.